The quantitative estimate of drug-likeness (QED) is 0.664. The molecule has 4 rings (SSSR count). The van der Waals surface area contributed by atoms with Gasteiger partial charge in [0.1, 0.15) is 5.65 Å². The van der Waals surface area contributed by atoms with Gasteiger partial charge >= 0.3 is 12.1 Å². The number of hydrogen-bond acceptors (Lipinski definition) is 6. The van der Waals surface area contributed by atoms with Gasteiger partial charge in [0, 0.05) is 43.2 Å². The van der Waals surface area contributed by atoms with E-state index in [2.05, 4.69) is 4.98 Å². The summed E-state index contributed by atoms with van der Waals surface area (Å²) in [4.78, 5) is 22.2. The van der Waals surface area contributed by atoms with Crippen LogP contribution in [0.15, 0.2) is 36.7 Å². The first-order chi connectivity index (χ1) is 14.8. The van der Waals surface area contributed by atoms with E-state index in [1.807, 2.05) is 22.3 Å². The molecule has 8 nitrogen and oxygen atoms in total. The van der Waals surface area contributed by atoms with Crippen molar-refractivity contribution < 1.29 is 27.4 Å². The Labute approximate surface area is 175 Å². The van der Waals surface area contributed by atoms with Crippen LogP contribution in [0.4, 0.5) is 19.1 Å². The number of nitrogens with zero attached hydrogens (tertiary/aromatic N) is 4. The number of fused-ring (bicyclic) bond motifs is 1. The number of halogens is 3. The highest BCUT2D eigenvalue weighted by Gasteiger charge is 2.40. The molecule has 1 N–H and O–H groups in total. The zero-order valence-electron chi connectivity index (χ0n) is 16.8. The summed E-state index contributed by atoms with van der Waals surface area (Å²) in [5, 5.41) is 2.05. The van der Waals surface area contributed by atoms with Crippen molar-refractivity contribution in [2.45, 2.75) is 18.6 Å². The molecule has 0 spiro atoms. The molecule has 0 radical (unpaired) electrons. The van der Waals surface area contributed by atoms with Crippen molar-refractivity contribution in [3.8, 4) is 22.8 Å². The van der Waals surface area contributed by atoms with Gasteiger partial charge in [0.2, 0.25) is 5.95 Å². The third kappa shape index (κ3) is 4.07. The maximum absolute atomic E-state index is 12.6. The van der Waals surface area contributed by atoms with Crippen molar-refractivity contribution >= 4 is 17.5 Å². The lowest BCUT2D eigenvalue weighted by atomic mass is 10.1. The van der Waals surface area contributed by atoms with Crippen LogP contribution in [0.1, 0.15) is 6.42 Å². The van der Waals surface area contributed by atoms with Gasteiger partial charge in [-0.15, -0.1) is 0 Å². The third-order valence-electron chi connectivity index (χ3n) is 5.11. The Morgan fingerprint density at radius 3 is 2.68 bits per heavy atom. The first-order valence-corrected chi connectivity index (χ1v) is 9.49. The molecule has 1 amide bonds. The molecule has 31 heavy (non-hydrogen) atoms. The number of anilines is 1. The van der Waals surface area contributed by atoms with Gasteiger partial charge < -0.3 is 19.7 Å². The Morgan fingerprint density at radius 2 is 1.97 bits per heavy atom. The maximum Gasteiger partial charge on any atom is 0.471 e. The lowest BCUT2D eigenvalue weighted by molar-refractivity contribution is -0.174. The fraction of sp³-hybridized carbons (Fsp3) is 0.350. The number of rotatable bonds is 5. The number of alkyl halides is 3. The number of hydrogen-bond donors (Lipinski definition) is 1. The van der Waals surface area contributed by atoms with Crippen LogP contribution < -0.4 is 19.7 Å². The standard InChI is InChI=1S/C20H20F3N5O3/c1-30-15-4-3-12(9-16(15)31-2)14-10-17-24-6-8-28(17)19(26-14)27-7-5-13(11-27)25-18(29)20(21,22)23/h3-4,6,8-10,13H,5,7,11H2,1-2H3,(H,25,29). The topological polar surface area (TPSA) is 81.0 Å². The van der Waals surface area contributed by atoms with E-state index in [0.29, 0.717) is 41.8 Å². The molecular formula is C20H20F3N5O3. The minimum atomic E-state index is -4.91. The molecule has 0 bridgehead atoms. The van der Waals surface area contributed by atoms with Crippen molar-refractivity contribution in [2.75, 3.05) is 32.2 Å². The summed E-state index contributed by atoms with van der Waals surface area (Å²) in [5.41, 5.74) is 2.03. The number of benzene rings is 1. The average molecular weight is 435 g/mol. The molecule has 1 aliphatic rings. The van der Waals surface area contributed by atoms with Crippen LogP contribution in [0.3, 0.4) is 0 Å². The molecule has 1 aromatic carbocycles. The number of ether oxygens (including phenoxy) is 2. The third-order valence-corrected chi connectivity index (χ3v) is 5.11. The second-order valence-electron chi connectivity index (χ2n) is 7.07. The molecule has 1 atom stereocenters. The molecule has 1 unspecified atom stereocenters. The van der Waals surface area contributed by atoms with E-state index >= 15 is 0 Å². The van der Waals surface area contributed by atoms with Crippen molar-refractivity contribution in [2.24, 2.45) is 0 Å². The summed E-state index contributed by atoms with van der Waals surface area (Å²) in [6.07, 6.45) is -1.17. The number of carbonyl (C=O) groups is 1. The Morgan fingerprint density at radius 1 is 1.19 bits per heavy atom. The smallest absolute Gasteiger partial charge is 0.471 e. The van der Waals surface area contributed by atoms with E-state index in [1.165, 1.54) is 7.11 Å². The van der Waals surface area contributed by atoms with E-state index in [-0.39, 0.29) is 6.54 Å². The molecule has 3 heterocycles. The second-order valence-corrected chi connectivity index (χ2v) is 7.07. The number of methoxy groups -OCH3 is 2. The second kappa shape index (κ2) is 7.97. The van der Waals surface area contributed by atoms with E-state index in [9.17, 15) is 18.0 Å². The summed E-state index contributed by atoms with van der Waals surface area (Å²) < 4.78 is 50.1. The number of carbonyl (C=O) groups excluding carboxylic acids is 1. The highest BCUT2D eigenvalue weighted by Crippen LogP contribution is 2.33. The maximum atomic E-state index is 12.6. The fourth-order valence-corrected chi connectivity index (χ4v) is 3.60. The van der Waals surface area contributed by atoms with Crippen LogP contribution in [0.5, 0.6) is 11.5 Å². The average Bonchev–Trinajstić information content (AvgIpc) is 3.41. The summed E-state index contributed by atoms with van der Waals surface area (Å²) in [6, 6.07) is 6.58. The highest BCUT2D eigenvalue weighted by atomic mass is 19.4. The van der Waals surface area contributed by atoms with E-state index in [1.54, 1.807) is 36.0 Å². The van der Waals surface area contributed by atoms with Gasteiger partial charge in [0.05, 0.1) is 19.9 Å². The van der Waals surface area contributed by atoms with Crippen LogP contribution in [-0.4, -0.2) is 59.8 Å². The van der Waals surface area contributed by atoms with Gasteiger partial charge in [-0.1, -0.05) is 0 Å². The Balaban J connectivity index is 1.65. The fourth-order valence-electron chi connectivity index (χ4n) is 3.60. The molecule has 0 saturated carbocycles. The molecule has 0 aliphatic carbocycles. The van der Waals surface area contributed by atoms with Crippen LogP contribution in [0.25, 0.3) is 16.9 Å². The summed E-state index contributed by atoms with van der Waals surface area (Å²) >= 11 is 0. The van der Waals surface area contributed by atoms with Gasteiger partial charge in [-0.2, -0.15) is 13.2 Å². The number of amides is 1. The normalized spacial score (nSPS) is 16.5. The minimum absolute atomic E-state index is 0.206. The first-order valence-electron chi connectivity index (χ1n) is 9.49. The van der Waals surface area contributed by atoms with E-state index in [4.69, 9.17) is 14.5 Å². The van der Waals surface area contributed by atoms with Gasteiger partial charge in [-0.3, -0.25) is 9.20 Å². The zero-order chi connectivity index (χ0) is 22.2. The predicted octanol–water partition coefficient (Wildman–Crippen LogP) is 2.67. The van der Waals surface area contributed by atoms with Crippen LogP contribution in [0, 0.1) is 0 Å². The Kier molecular flexibility index (Phi) is 5.34. The van der Waals surface area contributed by atoms with E-state index < -0.39 is 18.1 Å². The van der Waals surface area contributed by atoms with Crippen LogP contribution in [-0.2, 0) is 4.79 Å². The van der Waals surface area contributed by atoms with Crippen LogP contribution in [0.2, 0.25) is 0 Å². The van der Waals surface area contributed by atoms with E-state index in [0.717, 1.165) is 5.56 Å². The summed E-state index contributed by atoms with van der Waals surface area (Å²) in [7, 11) is 3.09. The zero-order valence-corrected chi connectivity index (χ0v) is 16.8. The van der Waals surface area contributed by atoms with Crippen molar-refractivity contribution in [1.82, 2.24) is 19.7 Å². The molecule has 2 aromatic heterocycles. The van der Waals surface area contributed by atoms with Gasteiger partial charge in [-0.05, 0) is 24.6 Å². The molecular weight excluding hydrogens is 415 g/mol. The SMILES string of the molecule is COc1ccc(-c2cc3nccn3c(N3CCC(NC(=O)C(F)(F)F)C3)n2)cc1OC. The first kappa shape index (κ1) is 20.8. The molecule has 164 valence electrons. The number of nitrogens with one attached hydrogen (secondary N) is 1. The van der Waals surface area contributed by atoms with Gasteiger partial charge in [0.25, 0.3) is 0 Å². The highest BCUT2D eigenvalue weighted by molar-refractivity contribution is 5.82. The van der Waals surface area contributed by atoms with Gasteiger partial charge in [0.15, 0.2) is 11.5 Å². The molecule has 1 saturated heterocycles. The monoisotopic (exact) mass is 435 g/mol. The Bertz CT molecular complexity index is 1120. The minimum Gasteiger partial charge on any atom is -0.493 e. The van der Waals surface area contributed by atoms with Crippen molar-refractivity contribution in [3.63, 3.8) is 0 Å². The molecule has 11 heteroatoms. The largest absolute Gasteiger partial charge is 0.493 e. The summed E-state index contributed by atoms with van der Waals surface area (Å²) in [6.45, 7) is 0.649. The lowest BCUT2D eigenvalue weighted by Gasteiger charge is -2.20. The summed E-state index contributed by atoms with van der Waals surface area (Å²) in [5.74, 6) is -0.276. The van der Waals surface area contributed by atoms with Gasteiger partial charge in [-0.25, -0.2) is 9.97 Å². The predicted molar refractivity (Wildman–Crippen MR) is 106 cm³/mol. The molecule has 3 aromatic rings. The van der Waals surface area contributed by atoms with Crippen molar-refractivity contribution in [1.29, 1.82) is 0 Å². The number of imidazole rings is 1. The van der Waals surface area contributed by atoms with Crippen LogP contribution >= 0.6 is 0 Å². The lowest BCUT2D eigenvalue weighted by Crippen LogP contribution is -2.44. The molecule has 1 aliphatic heterocycles. The number of aromatic nitrogens is 3. The van der Waals surface area contributed by atoms with Crippen molar-refractivity contribution in [3.05, 3.63) is 36.7 Å². The Hall–Kier alpha value is -3.50. The molecule has 1 fully saturated rings.